The van der Waals surface area contributed by atoms with E-state index in [4.69, 9.17) is 4.74 Å². The van der Waals surface area contributed by atoms with Crippen molar-refractivity contribution < 1.29 is 4.74 Å². The molecule has 1 saturated carbocycles. The summed E-state index contributed by atoms with van der Waals surface area (Å²) in [6.45, 7) is 4.02. The molecule has 1 heterocycles. The molecule has 1 fully saturated rings. The van der Waals surface area contributed by atoms with E-state index in [1.165, 1.54) is 4.68 Å². The van der Waals surface area contributed by atoms with Crippen molar-refractivity contribution in [3.63, 3.8) is 0 Å². The lowest BCUT2D eigenvalue weighted by molar-refractivity contribution is 0.108. The molecule has 2 rings (SSSR count). The summed E-state index contributed by atoms with van der Waals surface area (Å²) in [5.41, 5.74) is 0.596. The molecule has 1 aromatic heterocycles. The molecule has 1 N–H and O–H groups in total. The lowest BCUT2D eigenvalue weighted by Gasteiger charge is -2.15. The van der Waals surface area contributed by atoms with E-state index in [1.807, 2.05) is 0 Å². The number of nitrogens with one attached hydrogen (secondary N) is 1. The second kappa shape index (κ2) is 6.34. The van der Waals surface area contributed by atoms with Crippen molar-refractivity contribution in [2.24, 2.45) is 0 Å². The number of methoxy groups -OCH3 is 1. The number of nitrogens with zero attached hydrogens (tertiary/aromatic N) is 2. The van der Waals surface area contributed by atoms with Crippen LogP contribution in [0, 0.1) is 0 Å². The normalized spacial score (nSPS) is 22.4. The summed E-state index contributed by atoms with van der Waals surface area (Å²) in [5.74, 6) is 0. The molecule has 6 heteroatoms. The van der Waals surface area contributed by atoms with Crippen molar-refractivity contribution in [3.05, 3.63) is 33.7 Å². The molecular weight excluding hydrogens is 310 g/mol. The highest BCUT2D eigenvalue weighted by Crippen LogP contribution is 2.26. The van der Waals surface area contributed by atoms with E-state index in [0.717, 1.165) is 24.9 Å². The maximum absolute atomic E-state index is 12.0. The van der Waals surface area contributed by atoms with Gasteiger partial charge >= 0.3 is 0 Å². The molecule has 2 atom stereocenters. The van der Waals surface area contributed by atoms with Crippen molar-refractivity contribution in [1.29, 1.82) is 0 Å². The molecule has 5 nitrogen and oxygen atoms in total. The Morgan fingerprint density at radius 1 is 1.68 bits per heavy atom. The smallest absolute Gasteiger partial charge is 0.283 e. The lowest BCUT2D eigenvalue weighted by atomic mass is 10.2. The molecule has 0 aromatic carbocycles. The van der Waals surface area contributed by atoms with Gasteiger partial charge in [-0.15, -0.1) is 6.58 Å². The summed E-state index contributed by atoms with van der Waals surface area (Å²) in [7, 11) is 1.74. The van der Waals surface area contributed by atoms with E-state index in [9.17, 15) is 4.79 Å². The Morgan fingerprint density at radius 2 is 2.47 bits per heavy atom. The van der Waals surface area contributed by atoms with Gasteiger partial charge in [0.05, 0.1) is 24.5 Å². The molecule has 0 amide bonds. The first-order valence-electron chi connectivity index (χ1n) is 6.31. The molecule has 0 spiro atoms. The Bertz CT molecular complexity index is 515. The van der Waals surface area contributed by atoms with Crippen molar-refractivity contribution in [2.45, 2.75) is 38.0 Å². The number of allylic oxidation sites excluding steroid dienone is 1. The van der Waals surface area contributed by atoms with Crippen LogP contribution in [-0.2, 0) is 11.3 Å². The Kier molecular flexibility index (Phi) is 4.76. The number of hydrogen-bond donors (Lipinski definition) is 1. The van der Waals surface area contributed by atoms with Crippen LogP contribution in [0.1, 0.15) is 19.3 Å². The molecule has 2 unspecified atom stereocenters. The van der Waals surface area contributed by atoms with Gasteiger partial charge in [0.25, 0.3) is 5.56 Å². The molecule has 0 radical (unpaired) electrons. The van der Waals surface area contributed by atoms with Crippen LogP contribution in [0.2, 0.25) is 0 Å². The van der Waals surface area contributed by atoms with Crippen LogP contribution in [0.3, 0.4) is 0 Å². The SMILES string of the molecule is C=CCn1ncc(NC2CCC(OC)C2)c(Br)c1=O. The van der Waals surface area contributed by atoms with Gasteiger partial charge in [-0.3, -0.25) is 4.79 Å². The van der Waals surface area contributed by atoms with E-state index in [0.29, 0.717) is 23.2 Å². The molecule has 1 aliphatic rings. The third-order valence-corrected chi connectivity index (χ3v) is 4.13. The second-order valence-electron chi connectivity index (χ2n) is 4.66. The highest BCUT2D eigenvalue weighted by molar-refractivity contribution is 9.10. The standard InChI is InChI=1S/C13H18BrN3O2/c1-3-6-17-13(18)12(14)11(8-15-17)16-9-4-5-10(7-9)19-2/h3,8-10,16H,1,4-7H2,2H3. The highest BCUT2D eigenvalue weighted by atomic mass is 79.9. The predicted octanol–water partition coefficient (Wildman–Crippen LogP) is 2.17. The first kappa shape index (κ1) is 14.3. The molecule has 0 aliphatic heterocycles. The fourth-order valence-corrected chi connectivity index (χ4v) is 2.74. The molecular formula is C13H18BrN3O2. The molecule has 19 heavy (non-hydrogen) atoms. The lowest BCUT2D eigenvalue weighted by Crippen LogP contribution is -2.26. The van der Waals surface area contributed by atoms with Crippen molar-refractivity contribution >= 4 is 21.6 Å². The van der Waals surface area contributed by atoms with E-state index in [1.54, 1.807) is 19.4 Å². The van der Waals surface area contributed by atoms with Gasteiger partial charge in [-0.1, -0.05) is 6.08 Å². The van der Waals surface area contributed by atoms with E-state index >= 15 is 0 Å². The Hall–Kier alpha value is -1.14. The fraction of sp³-hybridized carbons (Fsp3) is 0.538. The van der Waals surface area contributed by atoms with Crippen LogP contribution in [0.4, 0.5) is 5.69 Å². The molecule has 0 bridgehead atoms. The minimum absolute atomic E-state index is 0.147. The van der Waals surface area contributed by atoms with Gasteiger partial charge in [0, 0.05) is 13.2 Å². The largest absolute Gasteiger partial charge is 0.381 e. The molecule has 0 saturated heterocycles. The van der Waals surface area contributed by atoms with Crippen LogP contribution in [-0.4, -0.2) is 29.0 Å². The average Bonchev–Trinajstić information content (AvgIpc) is 2.86. The first-order chi connectivity index (χ1) is 9.15. The second-order valence-corrected chi connectivity index (χ2v) is 5.45. The number of aromatic nitrogens is 2. The number of anilines is 1. The van der Waals surface area contributed by atoms with Crippen molar-refractivity contribution in [2.75, 3.05) is 12.4 Å². The number of hydrogen-bond acceptors (Lipinski definition) is 4. The molecule has 1 aliphatic carbocycles. The monoisotopic (exact) mass is 327 g/mol. The minimum Gasteiger partial charge on any atom is -0.381 e. The Balaban J connectivity index is 2.11. The highest BCUT2D eigenvalue weighted by Gasteiger charge is 2.25. The molecule has 104 valence electrons. The zero-order chi connectivity index (χ0) is 13.8. The van der Waals surface area contributed by atoms with Crippen LogP contribution in [0.15, 0.2) is 28.1 Å². The third kappa shape index (κ3) is 3.25. The zero-order valence-corrected chi connectivity index (χ0v) is 12.5. The van der Waals surface area contributed by atoms with Gasteiger partial charge in [0.2, 0.25) is 0 Å². The van der Waals surface area contributed by atoms with Gasteiger partial charge in [-0.05, 0) is 35.2 Å². The summed E-state index contributed by atoms with van der Waals surface area (Å²) in [5, 5.41) is 7.47. The van der Waals surface area contributed by atoms with Gasteiger partial charge in [-0.25, -0.2) is 4.68 Å². The Labute approximate surface area is 120 Å². The first-order valence-corrected chi connectivity index (χ1v) is 7.10. The summed E-state index contributed by atoms with van der Waals surface area (Å²) in [4.78, 5) is 12.0. The maximum atomic E-state index is 12.0. The van der Waals surface area contributed by atoms with Gasteiger partial charge in [0.1, 0.15) is 4.47 Å². The third-order valence-electron chi connectivity index (χ3n) is 3.36. The molecule has 1 aromatic rings. The van der Waals surface area contributed by atoms with Crippen molar-refractivity contribution in [1.82, 2.24) is 9.78 Å². The van der Waals surface area contributed by atoms with Crippen LogP contribution >= 0.6 is 15.9 Å². The zero-order valence-electron chi connectivity index (χ0n) is 10.9. The van der Waals surface area contributed by atoms with Gasteiger partial charge in [-0.2, -0.15) is 5.10 Å². The van der Waals surface area contributed by atoms with Crippen LogP contribution in [0.25, 0.3) is 0 Å². The fourth-order valence-electron chi connectivity index (χ4n) is 2.32. The average molecular weight is 328 g/mol. The van der Waals surface area contributed by atoms with Gasteiger partial charge < -0.3 is 10.1 Å². The maximum Gasteiger partial charge on any atom is 0.283 e. The quantitative estimate of drug-likeness (QED) is 0.842. The summed E-state index contributed by atoms with van der Waals surface area (Å²) >= 11 is 3.34. The van der Waals surface area contributed by atoms with Gasteiger partial charge in [0.15, 0.2) is 0 Å². The number of rotatable bonds is 5. The van der Waals surface area contributed by atoms with E-state index in [-0.39, 0.29) is 5.56 Å². The predicted molar refractivity (Wildman–Crippen MR) is 78.5 cm³/mol. The summed E-state index contributed by atoms with van der Waals surface area (Å²) in [6, 6.07) is 0.331. The number of ether oxygens (including phenoxy) is 1. The Morgan fingerprint density at radius 3 is 3.11 bits per heavy atom. The van der Waals surface area contributed by atoms with E-state index in [2.05, 4.69) is 32.9 Å². The van der Waals surface area contributed by atoms with Crippen LogP contribution in [0.5, 0.6) is 0 Å². The number of halogens is 1. The van der Waals surface area contributed by atoms with E-state index < -0.39 is 0 Å². The topological polar surface area (TPSA) is 56.1 Å². The van der Waals surface area contributed by atoms with Crippen LogP contribution < -0.4 is 10.9 Å². The minimum atomic E-state index is -0.147. The van der Waals surface area contributed by atoms with Crippen molar-refractivity contribution in [3.8, 4) is 0 Å². The summed E-state index contributed by atoms with van der Waals surface area (Å²) < 4.78 is 7.23. The summed E-state index contributed by atoms with van der Waals surface area (Å²) in [6.07, 6.45) is 6.68.